The number of aryl methyl sites for hydroxylation is 1. The predicted molar refractivity (Wildman–Crippen MR) is 92.1 cm³/mol. The number of carbonyl (C=O) groups is 1. The lowest BCUT2D eigenvalue weighted by molar-refractivity contribution is 0.0596. The fourth-order valence-electron chi connectivity index (χ4n) is 2.13. The summed E-state index contributed by atoms with van der Waals surface area (Å²) in [6.07, 6.45) is 0.683. The molecule has 2 aromatic rings. The van der Waals surface area contributed by atoms with Crippen molar-refractivity contribution >= 4 is 37.6 Å². The van der Waals surface area contributed by atoms with Gasteiger partial charge >= 0.3 is 5.97 Å². The van der Waals surface area contributed by atoms with Gasteiger partial charge in [-0.2, -0.15) is 0 Å². The average Bonchev–Trinajstić information content (AvgIpc) is 2.53. The molecule has 0 bridgehead atoms. The summed E-state index contributed by atoms with van der Waals surface area (Å²) in [5.41, 5.74) is 1.34. The zero-order chi connectivity index (χ0) is 17.0. The average molecular weight is 398 g/mol. The lowest BCUT2D eigenvalue weighted by Gasteiger charge is -2.14. The highest BCUT2D eigenvalue weighted by Gasteiger charge is 2.24. The van der Waals surface area contributed by atoms with E-state index in [0.717, 1.165) is 5.56 Å². The highest BCUT2D eigenvalue weighted by molar-refractivity contribution is 9.10. The molecule has 0 aliphatic heterocycles. The van der Waals surface area contributed by atoms with Crippen LogP contribution in [0, 0.1) is 0 Å². The highest BCUT2D eigenvalue weighted by Crippen LogP contribution is 2.25. The van der Waals surface area contributed by atoms with E-state index >= 15 is 0 Å². The maximum absolute atomic E-state index is 12.7. The van der Waals surface area contributed by atoms with Crippen LogP contribution in [0.5, 0.6) is 0 Å². The molecule has 0 amide bonds. The van der Waals surface area contributed by atoms with E-state index in [2.05, 4.69) is 25.4 Å². The number of ether oxygens (including phenoxy) is 1. The van der Waals surface area contributed by atoms with Gasteiger partial charge in [0, 0.05) is 4.47 Å². The molecule has 0 spiro atoms. The standard InChI is InChI=1S/C16H16BrNO4S/c1-3-11-6-4-5-7-14(11)18-23(20,21)15-9-8-12(17)10-13(15)16(19)22-2/h4-10,18H,3H2,1-2H3. The minimum Gasteiger partial charge on any atom is -0.465 e. The first-order valence-corrected chi connectivity index (χ1v) is 9.15. The van der Waals surface area contributed by atoms with Crippen LogP contribution in [0.1, 0.15) is 22.8 Å². The number of para-hydroxylation sites is 1. The van der Waals surface area contributed by atoms with E-state index in [9.17, 15) is 13.2 Å². The van der Waals surface area contributed by atoms with Crippen LogP contribution in [0.3, 0.4) is 0 Å². The van der Waals surface area contributed by atoms with Crippen LogP contribution in [-0.2, 0) is 21.2 Å². The summed E-state index contributed by atoms with van der Waals surface area (Å²) in [6, 6.07) is 11.5. The molecule has 7 heteroatoms. The second kappa shape index (κ2) is 7.14. The van der Waals surface area contributed by atoms with Gasteiger partial charge < -0.3 is 4.74 Å². The minimum atomic E-state index is -3.92. The van der Waals surface area contributed by atoms with Crippen LogP contribution in [0.15, 0.2) is 51.8 Å². The second-order valence-electron chi connectivity index (χ2n) is 4.75. The van der Waals surface area contributed by atoms with E-state index in [1.807, 2.05) is 19.1 Å². The Labute approximate surface area is 143 Å². The number of benzene rings is 2. The van der Waals surface area contributed by atoms with Gasteiger partial charge in [0.15, 0.2) is 0 Å². The van der Waals surface area contributed by atoms with Gasteiger partial charge in [-0.05, 0) is 36.2 Å². The first-order chi connectivity index (χ1) is 10.9. The summed E-state index contributed by atoms with van der Waals surface area (Å²) in [5.74, 6) is -0.713. The number of esters is 1. The summed E-state index contributed by atoms with van der Waals surface area (Å²) in [6.45, 7) is 1.94. The van der Waals surface area contributed by atoms with Gasteiger partial charge in [-0.3, -0.25) is 4.72 Å². The minimum absolute atomic E-state index is 0.0247. The van der Waals surface area contributed by atoms with Crippen molar-refractivity contribution in [3.05, 3.63) is 58.1 Å². The van der Waals surface area contributed by atoms with E-state index in [1.165, 1.54) is 19.2 Å². The first-order valence-electron chi connectivity index (χ1n) is 6.87. The lowest BCUT2D eigenvalue weighted by Crippen LogP contribution is -2.18. The summed E-state index contributed by atoms with van der Waals surface area (Å²) in [5, 5.41) is 0. The topological polar surface area (TPSA) is 72.5 Å². The largest absolute Gasteiger partial charge is 0.465 e. The molecule has 2 aromatic carbocycles. The van der Waals surface area contributed by atoms with Gasteiger partial charge in [-0.1, -0.05) is 41.1 Å². The molecular formula is C16H16BrNO4S. The smallest absolute Gasteiger partial charge is 0.339 e. The molecular weight excluding hydrogens is 382 g/mol. The molecule has 2 rings (SSSR count). The molecule has 0 unspecified atom stereocenters. The highest BCUT2D eigenvalue weighted by atomic mass is 79.9. The Bertz CT molecular complexity index is 834. The Morgan fingerprint density at radius 3 is 2.57 bits per heavy atom. The van der Waals surface area contributed by atoms with Crippen LogP contribution < -0.4 is 4.72 Å². The molecule has 1 N–H and O–H groups in total. The molecule has 23 heavy (non-hydrogen) atoms. The van der Waals surface area contributed by atoms with E-state index in [1.54, 1.807) is 18.2 Å². The summed E-state index contributed by atoms with van der Waals surface area (Å²) < 4.78 is 33.2. The summed E-state index contributed by atoms with van der Waals surface area (Å²) >= 11 is 3.23. The molecule has 122 valence electrons. The van der Waals surface area contributed by atoms with Gasteiger partial charge in [0.2, 0.25) is 0 Å². The van der Waals surface area contributed by atoms with Crippen molar-refractivity contribution in [2.24, 2.45) is 0 Å². The van der Waals surface area contributed by atoms with E-state index in [4.69, 9.17) is 0 Å². The Morgan fingerprint density at radius 2 is 1.91 bits per heavy atom. The number of rotatable bonds is 5. The number of hydrogen-bond donors (Lipinski definition) is 1. The number of sulfonamides is 1. The fraction of sp³-hybridized carbons (Fsp3) is 0.188. The Hall–Kier alpha value is -1.86. The summed E-state index contributed by atoms with van der Waals surface area (Å²) in [7, 11) is -2.71. The maximum atomic E-state index is 12.7. The Kier molecular flexibility index (Phi) is 5.43. The molecule has 0 aliphatic carbocycles. The molecule has 0 aromatic heterocycles. The monoisotopic (exact) mass is 397 g/mol. The molecule has 0 saturated heterocycles. The van der Waals surface area contributed by atoms with Crippen molar-refractivity contribution < 1.29 is 17.9 Å². The number of carbonyl (C=O) groups excluding carboxylic acids is 1. The molecule has 5 nitrogen and oxygen atoms in total. The Morgan fingerprint density at radius 1 is 1.22 bits per heavy atom. The van der Waals surface area contributed by atoms with Gasteiger partial charge in [-0.15, -0.1) is 0 Å². The molecule has 0 aliphatic rings. The van der Waals surface area contributed by atoms with Crippen molar-refractivity contribution in [2.75, 3.05) is 11.8 Å². The van der Waals surface area contributed by atoms with Crippen LogP contribution in [0.25, 0.3) is 0 Å². The number of methoxy groups -OCH3 is 1. The quantitative estimate of drug-likeness (QED) is 0.782. The summed E-state index contributed by atoms with van der Waals surface area (Å²) in [4.78, 5) is 11.7. The molecule has 0 atom stereocenters. The Balaban J connectivity index is 2.50. The SMILES string of the molecule is CCc1ccccc1NS(=O)(=O)c1ccc(Br)cc1C(=O)OC. The van der Waals surface area contributed by atoms with Crippen molar-refractivity contribution in [1.82, 2.24) is 0 Å². The normalized spacial score (nSPS) is 11.1. The van der Waals surface area contributed by atoms with E-state index in [-0.39, 0.29) is 10.5 Å². The third-order valence-electron chi connectivity index (χ3n) is 3.28. The van der Waals surface area contributed by atoms with Gasteiger partial charge in [0.25, 0.3) is 10.0 Å². The number of halogens is 1. The van der Waals surface area contributed by atoms with Gasteiger partial charge in [0.05, 0.1) is 18.4 Å². The molecule has 0 fully saturated rings. The predicted octanol–water partition coefficient (Wildman–Crippen LogP) is 3.60. The maximum Gasteiger partial charge on any atom is 0.339 e. The first kappa shape index (κ1) is 17.5. The third kappa shape index (κ3) is 3.92. The zero-order valence-corrected chi connectivity index (χ0v) is 15.1. The zero-order valence-electron chi connectivity index (χ0n) is 12.7. The van der Waals surface area contributed by atoms with Crippen molar-refractivity contribution in [1.29, 1.82) is 0 Å². The van der Waals surface area contributed by atoms with E-state index < -0.39 is 16.0 Å². The van der Waals surface area contributed by atoms with E-state index in [0.29, 0.717) is 16.6 Å². The van der Waals surface area contributed by atoms with Crippen molar-refractivity contribution in [2.45, 2.75) is 18.2 Å². The number of hydrogen-bond acceptors (Lipinski definition) is 4. The molecule has 0 radical (unpaired) electrons. The second-order valence-corrected chi connectivity index (χ2v) is 7.31. The third-order valence-corrected chi connectivity index (χ3v) is 5.20. The number of anilines is 1. The van der Waals surface area contributed by atoms with Crippen LogP contribution in [-0.4, -0.2) is 21.5 Å². The molecule has 0 heterocycles. The van der Waals surface area contributed by atoms with Gasteiger partial charge in [0.1, 0.15) is 4.90 Å². The fourth-order valence-corrected chi connectivity index (χ4v) is 3.77. The molecule has 0 saturated carbocycles. The van der Waals surface area contributed by atoms with Gasteiger partial charge in [-0.25, -0.2) is 13.2 Å². The number of nitrogens with one attached hydrogen (secondary N) is 1. The van der Waals surface area contributed by atoms with Crippen LogP contribution in [0.2, 0.25) is 0 Å². The lowest BCUT2D eigenvalue weighted by atomic mass is 10.1. The van der Waals surface area contributed by atoms with Crippen LogP contribution >= 0.6 is 15.9 Å². The van der Waals surface area contributed by atoms with Crippen LogP contribution in [0.4, 0.5) is 5.69 Å². The van der Waals surface area contributed by atoms with Crippen molar-refractivity contribution in [3.63, 3.8) is 0 Å². The van der Waals surface area contributed by atoms with Crippen molar-refractivity contribution in [3.8, 4) is 0 Å².